The van der Waals surface area contributed by atoms with Crippen molar-refractivity contribution < 1.29 is 64.7 Å². The van der Waals surface area contributed by atoms with Crippen molar-refractivity contribution in [2.45, 2.75) is 45.8 Å². The van der Waals surface area contributed by atoms with Gasteiger partial charge >= 0.3 is 24.3 Å². The van der Waals surface area contributed by atoms with E-state index >= 15 is 4.39 Å². The lowest BCUT2D eigenvalue weighted by atomic mass is 10.1. The van der Waals surface area contributed by atoms with Crippen molar-refractivity contribution in [1.29, 1.82) is 5.41 Å². The van der Waals surface area contributed by atoms with Gasteiger partial charge < -0.3 is 35.1 Å². The SMILES string of the molecule is CCOc1cc(OC(C)C)c(F)c(N(Cc2cccc(OC)n2)c2ccc(C(=N)N)cc2)c1.O=C(O)C(F)(F)F.O=C(O)C(F)(F)F. The summed E-state index contributed by atoms with van der Waals surface area (Å²) in [6.45, 7) is 6.22. The maximum Gasteiger partial charge on any atom is 0.490 e. The van der Waals surface area contributed by atoms with Crippen LogP contribution in [0.5, 0.6) is 17.4 Å². The van der Waals surface area contributed by atoms with Crippen LogP contribution >= 0.6 is 0 Å². The first-order valence-corrected chi connectivity index (χ1v) is 13.2. The van der Waals surface area contributed by atoms with E-state index < -0.39 is 30.1 Å². The van der Waals surface area contributed by atoms with Gasteiger partial charge in [-0.1, -0.05) is 6.07 Å². The second kappa shape index (κ2) is 17.4. The molecule has 18 heteroatoms. The third-order valence-electron chi connectivity index (χ3n) is 5.24. The van der Waals surface area contributed by atoms with Gasteiger partial charge in [0.15, 0.2) is 11.6 Å². The summed E-state index contributed by atoms with van der Waals surface area (Å²) in [6, 6.07) is 15.6. The first-order valence-electron chi connectivity index (χ1n) is 13.2. The Labute approximate surface area is 263 Å². The van der Waals surface area contributed by atoms with Gasteiger partial charge in [0, 0.05) is 29.4 Å². The lowest BCUT2D eigenvalue weighted by Gasteiger charge is -2.27. The number of ether oxygens (including phenoxy) is 3. The monoisotopic (exact) mass is 680 g/mol. The summed E-state index contributed by atoms with van der Waals surface area (Å²) in [6.07, 6.45) is -10.4. The highest BCUT2D eigenvalue weighted by molar-refractivity contribution is 5.95. The van der Waals surface area contributed by atoms with Crippen LogP contribution in [0, 0.1) is 11.2 Å². The van der Waals surface area contributed by atoms with E-state index in [0.29, 0.717) is 35.2 Å². The fourth-order valence-electron chi connectivity index (χ4n) is 3.30. The molecule has 0 aliphatic carbocycles. The quantitative estimate of drug-likeness (QED) is 0.108. The molecule has 0 radical (unpaired) electrons. The highest BCUT2D eigenvalue weighted by Crippen LogP contribution is 2.38. The molecule has 258 valence electrons. The Bertz CT molecular complexity index is 1480. The normalized spacial score (nSPS) is 10.9. The number of carbonyl (C=O) groups is 2. The van der Waals surface area contributed by atoms with Gasteiger partial charge in [0.05, 0.1) is 37.7 Å². The first-order chi connectivity index (χ1) is 21.7. The topological polar surface area (TPSA) is 168 Å². The number of nitrogens with zero attached hydrogens (tertiary/aromatic N) is 2. The van der Waals surface area contributed by atoms with E-state index in [1.165, 1.54) is 0 Å². The molecule has 0 amide bonds. The number of halogens is 7. The largest absolute Gasteiger partial charge is 0.494 e. The van der Waals surface area contributed by atoms with Crippen molar-refractivity contribution >= 4 is 29.1 Å². The Morgan fingerprint density at radius 1 is 0.979 bits per heavy atom. The number of benzene rings is 2. The standard InChI is InChI=1S/C25H29FN4O3.2C2HF3O2/c1-5-32-20-13-21(24(26)22(14-20)33-16(2)3)30(15-18-7-6-8-23(29-18)31-4)19-11-9-17(10-12-19)25(27)28;2*3-2(4,5)1(6)7/h6-14,16H,5,15H2,1-4H3,(H3,27,28);2*(H,6,7). The van der Waals surface area contributed by atoms with Crippen molar-refractivity contribution in [3.05, 3.63) is 71.7 Å². The van der Waals surface area contributed by atoms with Gasteiger partial charge in [-0.15, -0.1) is 0 Å². The maximum atomic E-state index is 15.7. The molecule has 0 saturated heterocycles. The molecule has 0 bridgehead atoms. The zero-order valence-electron chi connectivity index (χ0n) is 25.2. The number of pyridine rings is 1. The number of rotatable bonds is 10. The van der Waals surface area contributed by atoms with Gasteiger partial charge in [-0.2, -0.15) is 26.3 Å². The van der Waals surface area contributed by atoms with Crippen LogP contribution in [0.2, 0.25) is 0 Å². The van der Waals surface area contributed by atoms with Gasteiger partial charge in [-0.25, -0.2) is 19.0 Å². The van der Waals surface area contributed by atoms with Crippen molar-refractivity contribution in [2.24, 2.45) is 5.73 Å². The number of nitrogen functional groups attached to an aromatic ring is 1. The zero-order chi connectivity index (χ0) is 36.1. The molecule has 2 aromatic carbocycles. The number of methoxy groups -OCH3 is 1. The number of nitrogens with two attached hydrogens (primary N) is 1. The summed E-state index contributed by atoms with van der Waals surface area (Å²) in [5, 5.41) is 21.9. The number of nitrogens with one attached hydrogen (secondary N) is 1. The van der Waals surface area contributed by atoms with Crippen LogP contribution in [0.3, 0.4) is 0 Å². The van der Waals surface area contributed by atoms with E-state index in [4.69, 9.17) is 45.2 Å². The van der Waals surface area contributed by atoms with Gasteiger partial charge in [0.25, 0.3) is 0 Å². The van der Waals surface area contributed by atoms with Crippen molar-refractivity contribution in [2.75, 3.05) is 18.6 Å². The summed E-state index contributed by atoms with van der Waals surface area (Å²) in [7, 11) is 1.55. The minimum Gasteiger partial charge on any atom is -0.494 e. The summed E-state index contributed by atoms with van der Waals surface area (Å²) < 4.78 is 95.9. The molecule has 0 aliphatic heterocycles. The minimum absolute atomic E-state index is 0.0419. The number of alkyl halides is 6. The highest BCUT2D eigenvalue weighted by Gasteiger charge is 2.38. The van der Waals surface area contributed by atoms with Gasteiger partial charge in [0.1, 0.15) is 11.6 Å². The van der Waals surface area contributed by atoms with Gasteiger partial charge in [-0.3, -0.25) is 5.41 Å². The molecule has 3 rings (SSSR count). The van der Waals surface area contributed by atoms with Crippen LogP contribution in [0.4, 0.5) is 42.1 Å². The molecule has 0 aliphatic rings. The Morgan fingerprint density at radius 3 is 1.94 bits per heavy atom. The molecular formula is C29H31F7N4O7. The Hall–Kier alpha value is -5.29. The second-order valence-electron chi connectivity index (χ2n) is 9.18. The van der Waals surface area contributed by atoms with Crippen LogP contribution in [0.1, 0.15) is 32.0 Å². The molecule has 0 fully saturated rings. The molecule has 0 spiro atoms. The predicted octanol–water partition coefficient (Wildman–Crippen LogP) is 6.30. The molecule has 5 N–H and O–H groups in total. The average Bonchev–Trinajstić information content (AvgIpc) is 2.97. The van der Waals surface area contributed by atoms with E-state index in [-0.39, 0.29) is 29.9 Å². The fraction of sp³-hybridized carbons (Fsp3) is 0.310. The zero-order valence-corrected chi connectivity index (χ0v) is 25.2. The van der Waals surface area contributed by atoms with Crippen molar-refractivity contribution in [3.8, 4) is 17.4 Å². The number of carboxylic acid groups (broad SMARTS) is 2. The first kappa shape index (κ1) is 39.7. The number of hydrogen-bond acceptors (Lipinski definition) is 8. The molecule has 0 unspecified atom stereocenters. The number of anilines is 2. The molecule has 1 aromatic heterocycles. The highest BCUT2D eigenvalue weighted by atomic mass is 19.4. The predicted molar refractivity (Wildman–Crippen MR) is 155 cm³/mol. The van der Waals surface area contributed by atoms with Crippen LogP contribution in [-0.4, -0.2) is 65.1 Å². The molecule has 1 heterocycles. The molecule has 0 atom stereocenters. The third-order valence-corrected chi connectivity index (χ3v) is 5.24. The van der Waals surface area contributed by atoms with E-state index in [9.17, 15) is 26.3 Å². The third kappa shape index (κ3) is 13.3. The second-order valence-corrected chi connectivity index (χ2v) is 9.18. The van der Waals surface area contributed by atoms with E-state index in [2.05, 4.69) is 4.98 Å². The van der Waals surface area contributed by atoms with Crippen LogP contribution in [-0.2, 0) is 16.1 Å². The van der Waals surface area contributed by atoms with Crippen molar-refractivity contribution in [1.82, 2.24) is 4.98 Å². The van der Waals surface area contributed by atoms with Crippen LogP contribution in [0.25, 0.3) is 0 Å². The van der Waals surface area contributed by atoms with Crippen molar-refractivity contribution in [3.63, 3.8) is 0 Å². The Balaban J connectivity index is 0.000000658. The number of carboxylic acids is 2. The number of amidine groups is 1. The Morgan fingerprint density at radius 2 is 1.51 bits per heavy atom. The molecule has 11 nitrogen and oxygen atoms in total. The average molecular weight is 681 g/mol. The van der Waals surface area contributed by atoms with E-state index in [1.54, 1.807) is 54.5 Å². The lowest BCUT2D eigenvalue weighted by Crippen LogP contribution is -2.21. The summed E-state index contributed by atoms with van der Waals surface area (Å²) in [5.74, 6) is -5.00. The molecule has 3 aromatic rings. The maximum absolute atomic E-state index is 15.7. The van der Waals surface area contributed by atoms with E-state index in [0.717, 1.165) is 0 Å². The molecule has 47 heavy (non-hydrogen) atoms. The number of aromatic nitrogens is 1. The van der Waals surface area contributed by atoms with Crippen LogP contribution in [0.15, 0.2) is 54.6 Å². The number of aliphatic carboxylic acids is 2. The minimum atomic E-state index is -5.08. The Kier molecular flexibility index (Phi) is 14.7. The molecule has 0 saturated carbocycles. The molecular weight excluding hydrogens is 649 g/mol. The van der Waals surface area contributed by atoms with Gasteiger partial charge in [0.2, 0.25) is 5.88 Å². The fourth-order valence-corrected chi connectivity index (χ4v) is 3.30. The summed E-state index contributed by atoms with van der Waals surface area (Å²) in [4.78, 5) is 24.1. The van der Waals surface area contributed by atoms with Gasteiger partial charge in [-0.05, 0) is 51.1 Å². The summed E-state index contributed by atoms with van der Waals surface area (Å²) >= 11 is 0. The van der Waals surface area contributed by atoms with E-state index in [1.807, 2.05) is 32.9 Å². The smallest absolute Gasteiger partial charge is 0.490 e. The lowest BCUT2D eigenvalue weighted by molar-refractivity contribution is -0.193. The van der Waals surface area contributed by atoms with Crippen LogP contribution < -0.4 is 24.8 Å². The number of hydrogen-bond donors (Lipinski definition) is 4. The summed E-state index contributed by atoms with van der Waals surface area (Å²) in [5.41, 5.74) is 7.82.